The molecular weight excluding hydrogens is 360 g/mol. The molecule has 8 heteroatoms. The first kappa shape index (κ1) is 17.8. The number of carbonyl (C=O) groups is 3. The Morgan fingerprint density at radius 2 is 2.00 bits per heavy atom. The average Bonchev–Trinajstić information content (AvgIpc) is 3.24. The van der Waals surface area contributed by atoms with Crippen LogP contribution >= 0.6 is 0 Å². The Morgan fingerprint density at radius 1 is 1.29 bits per heavy atom. The zero-order valence-corrected chi connectivity index (χ0v) is 15.4. The number of carbonyl (C=O) groups excluding carboxylic acids is 3. The van der Waals surface area contributed by atoms with Crippen LogP contribution in [-0.4, -0.2) is 32.9 Å². The molecule has 0 fully saturated rings. The highest BCUT2D eigenvalue weighted by atomic mass is 16.5. The van der Waals surface area contributed by atoms with E-state index in [0.717, 1.165) is 0 Å². The second-order valence-corrected chi connectivity index (χ2v) is 6.75. The second-order valence-electron chi connectivity index (χ2n) is 6.75. The van der Waals surface area contributed by atoms with E-state index in [2.05, 4.69) is 10.3 Å². The molecule has 142 valence electrons. The lowest BCUT2D eigenvalue weighted by atomic mass is 9.94. The van der Waals surface area contributed by atoms with Gasteiger partial charge in [-0.2, -0.15) is 0 Å². The fourth-order valence-corrected chi connectivity index (χ4v) is 3.53. The predicted molar refractivity (Wildman–Crippen MR) is 99.1 cm³/mol. The number of allylic oxidation sites excluding steroid dienone is 2. The van der Waals surface area contributed by atoms with E-state index in [1.165, 1.54) is 6.92 Å². The number of imidazole rings is 1. The maximum absolute atomic E-state index is 12.9. The Bertz CT molecular complexity index is 1070. The molecule has 2 N–H and O–H groups in total. The van der Waals surface area contributed by atoms with Crippen LogP contribution in [0, 0.1) is 5.41 Å². The number of benzene rings is 1. The Kier molecular flexibility index (Phi) is 4.18. The molecule has 1 unspecified atom stereocenters. The monoisotopic (exact) mass is 378 g/mol. The van der Waals surface area contributed by atoms with Crippen LogP contribution in [0.15, 0.2) is 41.6 Å². The van der Waals surface area contributed by atoms with Crippen molar-refractivity contribution in [2.24, 2.45) is 0 Å². The van der Waals surface area contributed by atoms with Gasteiger partial charge in [0.2, 0.25) is 11.7 Å². The van der Waals surface area contributed by atoms with Crippen LogP contribution in [0.4, 0.5) is 0 Å². The fourth-order valence-electron chi connectivity index (χ4n) is 3.53. The average molecular weight is 378 g/mol. The van der Waals surface area contributed by atoms with Crippen molar-refractivity contribution in [2.75, 3.05) is 0 Å². The Hall–Kier alpha value is -3.55. The Morgan fingerprint density at radius 3 is 2.68 bits per heavy atom. The Labute approximate surface area is 160 Å². The summed E-state index contributed by atoms with van der Waals surface area (Å²) in [6.07, 6.45) is -0.0840. The van der Waals surface area contributed by atoms with Gasteiger partial charge in [0.1, 0.15) is 17.1 Å². The van der Waals surface area contributed by atoms with E-state index >= 15 is 0 Å². The number of hydrogen-bond acceptors (Lipinski definition) is 6. The third kappa shape index (κ3) is 2.74. The topological polar surface area (TPSA) is 114 Å². The van der Waals surface area contributed by atoms with Crippen molar-refractivity contribution < 1.29 is 19.1 Å². The first-order valence-corrected chi connectivity index (χ1v) is 8.87. The number of ether oxygens (including phenoxy) is 1. The normalized spacial score (nSPS) is 18.0. The first-order valence-electron chi connectivity index (χ1n) is 8.87. The standard InChI is InChI=1S/C20H18N4O4/c1-10-15(22-11(2)25)14(21)16-17(18(10)26)24-9-8-13(19(24)23-16)28-20(27)12-6-4-3-5-7-12/h3-7,13,21H,8-9H2,1-2H3,(H,22,25). The Balaban J connectivity index is 1.66. The molecule has 1 atom stereocenters. The van der Waals surface area contributed by atoms with Crippen molar-refractivity contribution in [3.05, 3.63) is 64.4 Å². The molecule has 0 saturated heterocycles. The highest BCUT2D eigenvalue weighted by Crippen LogP contribution is 2.35. The smallest absolute Gasteiger partial charge is 0.338 e. The van der Waals surface area contributed by atoms with Crippen LogP contribution in [0.3, 0.4) is 0 Å². The number of amides is 1. The molecular formula is C20H18N4O4. The van der Waals surface area contributed by atoms with Gasteiger partial charge < -0.3 is 14.6 Å². The lowest BCUT2D eigenvalue weighted by molar-refractivity contribution is -0.118. The summed E-state index contributed by atoms with van der Waals surface area (Å²) in [5.74, 6) is -0.667. The molecule has 4 rings (SSSR count). The largest absolute Gasteiger partial charge is 0.451 e. The molecule has 1 aromatic carbocycles. The SMILES string of the molecule is CC(=O)NC1=C(C)C(=O)c2c(nc3n2CCC3OC(=O)c2ccccc2)C1=N. The third-order valence-corrected chi connectivity index (χ3v) is 4.88. The number of hydrogen-bond donors (Lipinski definition) is 2. The van der Waals surface area contributed by atoms with E-state index < -0.39 is 12.1 Å². The van der Waals surface area contributed by atoms with E-state index in [0.29, 0.717) is 35.6 Å². The maximum atomic E-state index is 12.9. The lowest BCUT2D eigenvalue weighted by Crippen LogP contribution is -2.33. The van der Waals surface area contributed by atoms with Crippen LogP contribution in [0.5, 0.6) is 0 Å². The molecule has 1 amide bonds. The summed E-state index contributed by atoms with van der Waals surface area (Å²) in [6.45, 7) is 3.36. The zero-order chi connectivity index (χ0) is 20.0. The number of nitrogens with zero attached hydrogens (tertiary/aromatic N) is 2. The molecule has 0 bridgehead atoms. The predicted octanol–water partition coefficient (Wildman–Crippen LogP) is 2.16. The number of esters is 1. The van der Waals surface area contributed by atoms with Gasteiger partial charge in [-0.25, -0.2) is 9.78 Å². The summed E-state index contributed by atoms with van der Waals surface area (Å²) in [5, 5.41) is 10.9. The highest BCUT2D eigenvalue weighted by Gasteiger charge is 2.39. The van der Waals surface area contributed by atoms with Crippen LogP contribution < -0.4 is 5.32 Å². The number of nitrogens with one attached hydrogen (secondary N) is 2. The molecule has 1 aliphatic heterocycles. The van der Waals surface area contributed by atoms with Crippen LogP contribution in [-0.2, 0) is 16.1 Å². The number of fused-ring (bicyclic) bond motifs is 3. The summed E-state index contributed by atoms with van der Waals surface area (Å²) < 4.78 is 7.31. The van der Waals surface area contributed by atoms with Crippen molar-refractivity contribution in [1.82, 2.24) is 14.9 Å². The number of Topliss-reactive ketones (excluding diaryl/α,β-unsaturated/α-hetero) is 1. The molecule has 0 spiro atoms. The summed E-state index contributed by atoms with van der Waals surface area (Å²) in [6, 6.07) is 8.65. The van der Waals surface area contributed by atoms with Crippen LogP contribution in [0.25, 0.3) is 0 Å². The van der Waals surface area contributed by atoms with Gasteiger partial charge in [-0.05, 0) is 19.1 Å². The van der Waals surface area contributed by atoms with Crippen molar-refractivity contribution >= 4 is 23.4 Å². The van der Waals surface area contributed by atoms with E-state index in [1.54, 1.807) is 35.8 Å². The van der Waals surface area contributed by atoms with Gasteiger partial charge in [-0.3, -0.25) is 15.0 Å². The fraction of sp³-hybridized carbons (Fsp3) is 0.250. The summed E-state index contributed by atoms with van der Waals surface area (Å²) in [7, 11) is 0. The van der Waals surface area contributed by atoms with Gasteiger partial charge >= 0.3 is 5.97 Å². The van der Waals surface area contributed by atoms with Gasteiger partial charge in [0.25, 0.3) is 0 Å². The van der Waals surface area contributed by atoms with E-state index in [1.807, 2.05) is 6.07 Å². The number of aromatic nitrogens is 2. The summed E-state index contributed by atoms with van der Waals surface area (Å²) in [5.41, 5.74) is 1.39. The second kappa shape index (κ2) is 6.56. The van der Waals surface area contributed by atoms with Gasteiger partial charge in [0.15, 0.2) is 11.9 Å². The quantitative estimate of drug-likeness (QED) is 0.795. The van der Waals surface area contributed by atoms with Crippen molar-refractivity contribution in [3.63, 3.8) is 0 Å². The van der Waals surface area contributed by atoms with Crippen LogP contribution in [0.2, 0.25) is 0 Å². The minimum absolute atomic E-state index is 0.0164. The molecule has 28 heavy (non-hydrogen) atoms. The van der Waals surface area contributed by atoms with E-state index in [9.17, 15) is 14.4 Å². The molecule has 0 saturated carbocycles. The zero-order valence-electron chi connectivity index (χ0n) is 15.4. The minimum Gasteiger partial charge on any atom is -0.451 e. The first-order chi connectivity index (χ1) is 13.4. The molecule has 0 radical (unpaired) electrons. The molecule has 2 aliphatic rings. The summed E-state index contributed by atoms with van der Waals surface area (Å²) in [4.78, 5) is 41.1. The number of ketones is 1. The molecule has 1 aliphatic carbocycles. The number of rotatable bonds is 3. The van der Waals surface area contributed by atoms with Gasteiger partial charge in [-0.1, -0.05) is 18.2 Å². The highest BCUT2D eigenvalue weighted by molar-refractivity contribution is 6.26. The van der Waals surface area contributed by atoms with Crippen LogP contribution in [0.1, 0.15) is 58.7 Å². The van der Waals surface area contributed by atoms with E-state index in [-0.39, 0.29) is 28.8 Å². The molecule has 2 aromatic rings. The van der Waals surface area contributed by atoms with Crippen molar-refractivity contribution in [3.8, 4) is 0 Å². The lowest BCUT2D eigenvalue weighted by Gasteiger charge is -2.19. The van der Waals surface area contributed by atoms with Crippen molar-refractivity contribution in [1.29, 1.82) is 5.41 Å². The third-order valence-electron chi connectivity index (χ3n) is 4.88. The summed E-state index contributed by atoms with van der Waals surface area (Å²) >= 11 is 0. The minimum atomic E-state index is -0.594. The molecule has 1 aromatic heterocycles. The van der Waals surface area contributed by atoms with Gasteiger partial charge in [-0.15, -0.1) is 0 Å². The van der Waals surface area contributed by atoms with E-state index in [4.69, 9.17) is 10.1 Å². The maximum Gasteiger partial charge on any atom is 0.338 e. The molecule has 8 nitrogen and oxygen atoms in total. The van der Waals surface area contributed by atoms with Gasteiger partial charge in [0, 0.05) is 25.5 Å². The van der Waals surface area contributed by atoms with Crippen molar-refractivity contribution in [2.45, 2.75) is 32.9 Å². The van der Waals surface area contributed by atoms with Gasteiger partial charge in [0.05, 0.1) is 11.3 Å². The molecule has 2 heterocycles.